The fourth-order valence-corrected chi connectivity index (χ4v) is 2.72. The van der Waals surface area contributed by atoms with Crippen molar-refractivity contribution < 1.29 is 23.9 Å². The van der Waals surface area contributed by atoms with Gasteiger partial charge in [-0.15, -0.1) is 0 Å². The molecule has 0 fully saturated rings. The molecule has 154 valence electrons. The molecule has 0 aromatic heterocycles. The Kier molecular flexibility index (Phi) is 8.30. The molecule has 0 aliphatic carbocycles. The zero-order chi connectivity index (χ0) is 21.4. The zero-order valence-corrected chi connectivity index (χ0v) is 17.4. The van der Waals surface area contributed by atoms with Gasteiger partial charge < -0.3 is 20.1 Å². The third kappa shape index (κ3) is 6.37. The molecule has 0 aliphatic heterocycles. The van der Waals surface area contributed by atoms with E-state index < -0.39 is 17.8 Å². The van der Waals surface area contributed by atoms with Crippen molar-refractivity contribution in [2.45, 2.75) is 13.8 Å². The van der Waals surface area contributed by atoms with Gasteiger partial charge in [-0.2, -0.15) is 0 Å². The van der Waals surface area contributed by atoms with Gasteiger partial charge in [-0.25, -0.2) is 9.59 Å². The van der Waals surface area contributed by atoms with Crippen molar-refractivity contribution in [1.82, 2.24) is 0 Å². The molecule has 2 rings (SSSR count). The van der Waals surface area contributed by atoms with E-state index in [2.05, 4.69) is 10.6 Å². The van der Waals surface area contributed by atoms with Crippen LogP contribution in [-0.4, -0.2) is 37.6 Å². The molecule has 29 heavy (non-hydrogen) atoms. The van der Waals surface area contributed by atoms with E-state index >= 15 is 0 Å². The molecule has 9 heteroatoms. The quantitative estimate of drug-likeness (QED) is 0.593. The summed E-state index contributed by atoms with van der Waals surface area (Å²) in [6.07, 6.45) is 0. The van der Waals surface area contributed by atoms with E-state index in [0.29, 0.717) is 16.4 Å². The second-order valence-corrected chi connectivity index (χ2v) is 6.53. The highest BCUT2D eigenvalue weighted by atomic mass is 35.5. The largest absolute Gasteiger partial charge is 0.462 e. The van der Waals surface area contributed by atoms with Gasteiger partial charge in [0.25, 0.3) is 0 Å². The number of carbonyl (C=O) groups is 3. The van der Waals surface area contributed by atoms with Crippen molar-refractivity contribution in [1.29, 1.82) is 0 Å². The van der Waals surface area contributed by atoms with Crippen LogP contribution in [0.15, 0.2) is 36.4 Å². The molecular weight excluding hydrogens is 419 g/mol. The first-order chi connectivity index (χ1) is 13.8. The van der Waals surface area contributed by atoms with Gasteiger partial charge in [-0.05, 0) is 44.2 Å². The van der Waals surface area contributed by atoms with E-state index in [9.17, 15) is 14.4 Å². The summed E-state index contributed by atoms with van der Waals surface area (Å²) >= 11 is 12.0. The molecule has 1 amide bonds. The standard InChI is InChI=1S/C20H20Cl2N2O5/c1-3-28-19(26)12-8-13(20(27)29-4-2)10-14(9-12)23-11-17(25)24-16-7-5-6-15(21)18(16)22/h5-10,23H,3-4,11H2,1-2H3,(H,24,25). The summed E-state index contributed by atoms with van der Waals surface area (Å²) in [4.78, 5) is 36.4. The van der Waals surface area contributed by atoms with Crippen LogP contribution in [0.2, 0.25) is 10.0 Å². The number of halogens is 2. The number of anilines is 2. The van der Waals surface area contributed by atoms with Crippen LogP contribution in [0.25, 0.3) is 0 Å². The van der Waals surface area contributed by atoms with E-state index in [1.54, 1.807) is 32.0 Å². The number of hydrogen-bond donors (Lipinski definition) is 2. The SMILES string of the molecule is CCOC(=O)c1cc(NCC(=O)Nc2cccc(Cl)c2Cl)cc(C(=O)OCC)c1. The van der Waals surface area contributed by atoms with Crippen LogP contribution < -0.4 is 10.6 Å². The van der Waals surface area contributed by atoms with Crippen molar-refractivity contribution in [3.05, 3.63) is 57.6 Å². The first kappa shape index (κ1) is 22.5. The summed E-state index contributed by atoms with van der Waals surface area (Å²) in [5.41, 5.74) is 1.08. The first-order valence-electron chi connectivity index (χ1n) is 8.82. The molecule has 0 saturated heterocycles. The Morgan fingerprint density at radius 1 is 0.931 bits per heavy atom. The van der Waals surface area contributed by atoms with E-state index in [1.807, 2.05) is 0 Å². The topological polar surface area (TPSA) is 93.7 Å². The number of esters is 2. The fourth-order valence-electron chi connectivity index (χ4n) is 2.37. The Labute approximate surface area is 178 Å². The molecule has 0 radical (unpaired) electrons. The Hall–Kier alpha value is -2.77. The van der Waals surface area contributed by atoms with Crippen LogP contribution in [0.1, 0.15) is 34.6 Å². The van der Waals surface area contributed by atoms with Gasteiger partial charge in [0.15, 0.2) is 0 Å². The minimum absolute atomic E-state index is 0.141. The maximum atomic E-state index is 12.2. The van der Waals surface area contributed by atoms with Crippen LogP contribution in [0.4, 0.5) is 11.4 Å². The van der Waals surface area contributed by atoms with Crippen molar-refractivity contribution in [2.75, 3.05) is 30.4 Å². The second-order valence-electron chi connectivity index (χ2n) is 5.74. The van der Waals surface area contributed by atoms with Crippen LogP contribution in [-0.2, 0) is 14.3 Å². The highest BCUT2D eigenvalue weighted by Gasteiger charge is 2.15. The average molecular weight is 439 g/mol. The molecule has 2 N–H and O–H groups in total. The van der Waals surface area contributed by atoms with Crippen molar-refractivity contribution in [3.63, 3.8) is 0 Å². The Morgan fingerprint density at radius 3 is 2.07 bits per heavy atom. The van der Waals surface area contributed by atoms with Gasteiger partial charge in [0.05, 0.1) is 46.6 Å². The van der Waals surface area contributed by atoms with Crippen molar-refractivity contribution in [2.24, 2.45) is 0 Å². The van der Waals surface area contributed by atoms with E-state index in [4.69, 9.17) is 32.7 Å². The van der Waals surface area contributed by atoms with Gasteiger partial charge in [0.2, 0.25) is 5.91 Å². The van der Waals surface area contributed by atoms with E-state index in [1.165, 1.54) is 18.2 Å². The van der Waals surface area contributed by atoms with Crippen LogP contribution in [0.3, 0.4) is 0 Å². The van der Waals surface area contributed by atoms with Gasteiger partial charge in [0.1, 0.15) is 0 Å². The predicted octanol–water partition coefficient (Wildman–Crippen LogP) is 4.40. The van der Waals surface area contributed by atoms with Crippen molar-refractivity contribution in [3.8, 4) is 0 Å². The normalized spacial score (nSPS) is 10.2. The van der Waals surface area contributed by atoms with Gasteiger partial charge in [-0.1, -0.05) is 29.3 Å². The summed E-state index contributed by atoms with van der Waals surface area (Å²) in [5, 5.41) is 6.06. The molecule has 0 saturated carbocycles. The highest BCUT2D eigenvalue weighted by Crippen LogP contribution is 2.29. The number of carbonyl (C=O) groups excluding carboxylic acids is 3. The molecule has 2 aromatic rings. The summed E-state index contributed by atoms with van der Waals surface area (Å²) in [5.74, 6) is -1.57. The molecule has 0 bridgehead atoms. The smallest absolute Gasteiger partial charge is 0.338 e. The van der Waals surface area contributed by atoms with Crippen molar-refractivity contribution >= 4 is 52.4 Å². The summed E-state index contributed by atoms with van der Waals surface area (Å²) < 4.78 is 9.96. The molecule has 0 atom stereocenters. The minimum Gasteiger partial charge on any atom is -0.462 e. The number of amides is 1. The average Bonchev–Trinajstić information content (AvgIpc) is 2.70. The Bertz CT molecular complexity index is 881. The Morgan fingerprint density at radius 2 is 1.52 bits per heavy atom. The number of ether oxygens (including phenoxy) is 2. The molecule has 0 aliphatic rings. The van der Waals surface area contributed by atoms with E-state index in [0.717, 1.165) is 0 Å². The molecule has 0 heterocycles. The summed E-state index contributed by atoms with van der Waals surface area (Å²) in [6, 6.07) is 9.24. The molecule has 0 spiro atoms. The lowest BCUT2D eigenvalue weighted by Crippen LogP contribution is -2.22. The minimum atomic E-state index is -0.586. The number of hydrogen-bond acceptors (Lipinski definition) is 6. The zero-order valence-electron chi connectivity index (χ0n) is 15.9. The molecular formula is C20H20Cl2N2O5. The maximum Gasteiger partial charge on any atom is 0.338 e. The Balaban J connectivity index is 2.15. The third-order valence-corrected chi connectivity index (χ3v) is 4.45. The third-order valence-electron chi connectivity index (χ3n) is 3.63. The fraction of sp³-hybridized carbons (Fsp3) is 0.250. The monoisotopic (exact) mass is 438 g/mol. The maximum absolute atomic E-state index is 12.2. The van der Waals surface area contributed by atoms with Crippen LogP contribution in [0.5, 0.6) is 0 Å². The van der Waals surface area contributed by atoms with Crippen LogP contribution in [0, 0.1) is 0 Å². The summed E-state index contributed by atoms with van der Waals surface area (Å²) in [7, 11) is 0. The van der Waals surface area contributed by atoms with Gasteiger partial charge in [-0.3, -0.25) is 4.79 Å². The molecule has 0 unspecified atom stereocenters. The number of benzene rings is 2. The van der Waals surface area contributed by atoms with E-state index in [-0.39, 0.29) is 35.9 Å². The van der Waals surface area contributed by atoms with Gasteiger partial charge in [0, 0.05) is 5.69 Å². The lowest BCUT2D eigenvalue weighted by molar-refractivity contribution is -0.114. The van der Waals surface area contributed by atoms with Gasteiger partial charge >= 0.3 is 11.9 Å². The molecule has 2 aromatic carbocycles. The van der Waals surface area contributed by atoms with Crippen LogP contribution >= 0.6 is 23.2 Å². The lowest BCUT2D eigenvalue weighted by Gasteiger charge is -2.12. The second kappa shape index (κ2) is 10.7. The predicted molar refractivity (Wildman–Crippen MR) is 112 cm³/mol. The first-order valence-corrected chi connectivity index (χ1v) is 9.58. The number of rotatable bonds is 8. The summed E-state index contributed by atoms with van der Waals surface area (Å²) in [6.45, 7) is 3.59. The molecule has 7 nitrogen and oxygen atoms in total. The lowest BCUT2D eigenvalue weighted by atomic mass is 10.1. The number of nitrogens with one attached hydrogen (secondary N) is 2. The highest BCUT2D eigenvalue weighted by molar-refractivity contribution is 6.44.